The van der Waals surface area contributed by atoms with E-state index in [1.165, 1.54) is 0 Å². The van der Waals surface area contributed by atoms with E-state index in [0.29, 0.717) is 6.42 Å². The number of rotatable bonds is 0. The molecular formula is C9H14O4S. The molecule has 5 unspecified atom stereocenters. The molecule has 2 bridgehead atoms. The van der Waals surface area contributed by atoms with Gasteiger partial charge in [-0.05, 0) is 20.3 Å². The minimum atomic E-state index is -3.39. The second-order valence-electron chi connectivity index (χ2n) is 5.08. The van der Waals surface area contributed by atoms with Crippen molar-refractivity contribution in [2.24, 2.45) is 5.92 Å². The molecule has 4 nitrogen and oxygen atoms in total. The summed E-state index contributed by atoms with van der Waals surface area (Å²) >= 11 is 0. The zero-order valence-corrected chi connectivity index (χ0v) is 9.30. The van der Waals surface area contributed by atoms with Gasteiger partial charge in [0.2, 0.25) is 0 Å². The van der Waals surface area contributed by atoms with E-state index < -0.39 is 21.0 Å². The summed E-state index contributed by atoms with van der Waals surface area (Å²) in [7, 11) is -3.39. The number of hydrogen-bond donors (Lipinski definition) is 0. The average molecular weight is 218 g/mol. The molecule has 0 saturated carbocycles. The van der Waals surface area contributed by atoms with E-state index in [1.54, 1.807) is 0 Å². The molecule has 5 atom stereocenters. The van der Waals surface area contributed by atoms with Gasteiger partial charge in [-0.25, -0.2) is 0 Å². The van der Waals surface area contributed by atoms with Gasteiger partial charge in [-0.2, -0.15) is 8.42 Å². The summed E-state index contributed by atoms with van der Waals surface area (Å²) in [6.07, 6.45) is 0.323. The fourth-order valence-electron chi connectivity index (χ4n) is 3.22. The Balaban J connectivity index is 2.21. The first-order valence-corrected chi connectivity index (χ1v) is 6.39. The van der Waals surface area contributed by atoms with Crippen molar-refractivity contribution in [2.75, 3.05) is 0 Å². The van der Waals surface area contributed by atoms with Crippen LogP contribution in [0.15, 0.2) is 0 Å². The van der Waals surface area contributed by atoms with Gasteiger partial charge < -0.3 is 4.74 Å². The maximum Gasteiger partial charge on any atom is 0.273 e. The van der Waals surface area contributed by atoms with Crippen LogP contribution in [0.1, 0.15) is 27.2 Å². The molecule has 0 spiro atoms. The molecule has 0 aromatic rings. The molecule has 80 valence electrons. The number of ether oxygens (including phenoxy) is 1. The molecule has 0 aromatic carbocycles. The molecule has 0 aromatic heterocycles. The van der Waals surface area contributed by atoms with Gasteiger partial charge in [0.25, 0.3) is 10.1 Å². The van der Waals surface area contributed by atoms with Crippen molar-refractivity contribution in [1.29, 1.82) is 0 Å². The third kappa shape index (κ3) is 0.729. The lowest BCUT2D eigenvalue weighted by Gasteiger charge is -2.32. The quantitative estimate of drug-likeness (QED) is 0.561. The topological polar surface area (TPSA) is 52.6 Å². The molecule has 3 heterocycles. The van der Waals surface area contributed by atoms with Crippen LogP contribution in [-0.4, -0.2) is 31.0 Å². The Hall–Kier alpha value is -0.130. The first-order valence-electron chi connectivity index (χ1n) is 4.92. The highest BCUT2D eigenvalue weighted by molar-refractivity contribution is 7.87. The van der Waals surface area contributed by atoms with Crippen LogP contribution in [0, 0.1) is 5.92 Å². The Kier molecular flexibility index (Phi) is 1.32. The molecule has 0 amide bonds. The molecule has 3 rings (SSSR count). The highest BCUT2D eigenvalue weighted by atomic mass is 32.2. The lowest BCUT2D eigenvalue weighted by Crippen LogP contribution is -2.46. The van der Waals surface area contributed by atoms with E-state index in [4.69, 9.17) is 8.92 Å². The smallest absolute Gasteiger partial charge is 0.273 e. The predicted molar refractivity (Wildman–Crippen MR) is 49.3 cm³/mol. The van der Waals surface area contributed by atoms with Gasteiger partial charge in [0.15, 0.2) is 0 Å². The number of hydrogen-bond acceptors (Lipinski definition) is 4. The van der Waals surface area contributed by atoms with E-state index in [2.05, 4.69) is 0 Å². The van der Waals surface area contributed by atoms with Crippen LogP contribution in [0.3, 0.4) is 0 Å². The molecule has 0 aliphatic carbocycles. The molecule has 3 aliphatic heterocycles. The molecule has 3 saturated heterocycles. The van der Waals surface area contributed by atoms with Gasteiger partial charge >= 0.3 is 0 Å². The summed E-state index contributed by atoms with van der Waals surface area (Å²) in [4.78, 5) is 0. The van der Waals surface area contributed by atoms with Crippen LogP contribution >= 0.6 is 0 Å². The second kappa shape index (κ2) is 2.03. The van der Waals surface area contributed by atoms with E-state index in [9.17, 15) is 8.42 Å². The van der Waals surface area contributed by atoms with E-state index >= 15 is 0 Å². The summed E-state index contributed by atoms with van der Waals surface area (Å²) in [6.45, 7) is 5.85. The Labute approximate surface area is 83.7 Å². The van der Waals surface area contributed by atoms with Crippen molar-refractivity contribution in [3.8, 4) is 0 Å². The van der Waals surface area contributed by atoms with E-state index in [1.807, 2.05) is 20.8 Å². The first kappa shape index (κ1) is 9.12. The average Bonchev–Trinajstić information content (AvgIpc) is 2.53. The summed E-state index contributed by atoms with van der Waals surface area (Å²) in [5, 5.41) is -0.436. The monoisotopic (exact) mass is 218 g/mol. The highest BCUT2D eigenvalue weighted by Crippen LogP contribution is 2.61. The summed E-state index contributed by atoms with van der Waals surface area (Å²) in [6, 6.07) is 0. The maximum absolute atomic E-state index is 11.7. The zero-order valence-electron chi connectivity index (χ0n) is 8.48. The van der Waals surface area contributed by atoms with Crippen LogP contribution in [0.5, 0.6) is 0 Å². The van der Waals surface area contributed by atoms with Gasteiger partial charge in [-0.3, -0.25) is 4.18 Å². The first-order chi connectivity index (χ1) is 6.30. The van der Waals surface area contributed by atoms with Gasteiger partial charge in [-0.15, -0.1) is 0 Å². The largest absolute Gasteiger partial charge is 0.367 e. The molecular weight excluding hydrogens is 204 g/mol. The van der Waals surface area contributed by atoms with Crippen molar-refractivity contribution in [3.05, 3.63) is 0 Å². The normalized spacial score (nSPS) is 63.5. The molecule has 3 fully saturated rings. The number of fused-ring (bicyclic) bond motifs is 1. The summed E-state index contributed by atoms with van der Waals surface area (Å²) in [5.41, 5.74) is -0.940. The molecule has 0 N–H and O–H groups in total. The van der Waals surface area contributed by atoms with Crippen LogP contribution in [0.25, 0.3) is 0 Å². The third-order valence-corrected chi connectivity index (χ3v) is 6.09. The van der Waals surface area contributed by atoms with Crippen LogP contribution < -0.4 is 0 Å². The lowest BCUT2D eigenvalue weighted by molar-refractivity contribution is 0.00533. The lowest BCUT2D eigenvalue weighted by atomic mass is 9.71. The minimum Gasteiger partial charge on any atom is -0.367 e. The Bertz CT molecular complexity index is 403. The fraction of sp³-hybridized carbons (Fsp3) is 1.00. The van der Waals surface area contributed by atoms with Gasteiger partial charge in [0.1, 0.15) is 17.0 Å². The Morgan fingerprint density at radius 1 is 1.36 bits per heavy atom. The molecule has 3 aliphatic rings. The van der Waals surface area contributed by atoms with E-state index in [0.717, 1.165) is 0 Å². The van der Waals surface area contributed by atoms with Gasteiger partial charge in [0, 0.05) is 5.92 Å². The fourth-order valence-corrected chi connectivity index (χ4v) is 5.25. The Morgan fingerprint density at radius 2 is 2.00 bits per heavy atom. The summed E-state index contributed by atoms with van der Waals surface area (Å²) in [5.74, 6) is 0.133. The van der Waals surface area contributed by atoms with Crippen molar-refractivity contribution < 1.29 is 17.3 Å². The zero-order chi connectivity index (χ0) is 10.4. The molecule has 14 heavy (non-hydrogen) atoms. The van der Waals surface area contributed by atoms with Gasteiger partial charge in [-0.1, -0.05) is 6.92 Å². The standard InChI is InChI=1S/C9H14O4S/c1-5-8(2)4-6-7(12-8)9(5,3)13-14(6,10)11/h5-7H,4H2,1-3H3. The molecule has 0 radical (unpaired) electrons. The SMILES string of the molecule is CC1C2(C)CC3C(O2)C1(C)OS3(=O)=O. The predicted octanol–water partition coefficient (Wildman–Crippen LogP) is 0.671. The highest BCUT2D eigenvalue weighted by Gasteiger charge is 2.74. The van der Waals surface area contributed by atoms with Crippen molar-refractivity contribution in [2.45, 2.75) is 49.7 Å². The van der Waals surface area contributed by atoms with Crippen molar-refractivity contribution in [3.63, 3.8) is 0 Å². The van der Waals surface area contributed by atoms with Crippen molar-refractivity contribution in [1.82, 2.24) is 0 Å². The Morgan fingerprint density at radius 3 is 2.50 bits per heavy atom. The maximum atomic E-state index is 11.7. The van der Waals surface area contributed by atoms with Crippen LogP contribution in [-0.2, 0) is 19.0 Å². The summed E-state index contributed by atoms with van der Waals surface area (Å²) < 4.78 is 34.4. The van der Waals surface area contributed by atoms with E-state index in [-0.39, 0.29) is 17.6 Å². The molecule has 5 heteroatoms. The van der Waals surface area contributed by atoms with Crippen LogP contribution in [0.2, 0.25) is 0 Å². The van der Waals surface area contributed by atoms with Crippen molar-refractivity contribution >= 4 is 10.1 Å². The minimum absolute atomic E-state index is 0.133. The van der Waals surface area contributed by atoms with Crippen LogP contribution in [0.4, 0.5) is 0 Å². The second-order valence-corrected chi connectivity index (χ2v) is 6.83. The third-order valence-electron chi connectivity index (χ3n) is 4.35. The van der Waals surface area contributed by atoms with Gasteiger partial charge in [0.05, 0.1) is 5.60 Å².